The average Bonchev–Trinajstić information content (AvgIpc) is 3.21. The van der Waals surface area contributed by atoms with Crippen molar-refractivity contribution in [3.8, 4) is 0 Å². The third-order valence-corrected chi connectivity index (χ3v) is 5.88. The van der Waals surface area contributed by atoms with Crippen molar-refractivity contribution in [2.45, 2.75) is 95.1 Å². The molecule has 9 heteroatoms. The minimum absolute atomic E-state index is 0.288. The van der Waals surface area contributed by atoms with E-state index in [0.717, 1.165) is 19.3 Å². The maximum absolute atomic E-state index is 10.3. The zero-order valence-electron chi connectivity index (χ0n) is 17.5. The van der Waals surface area contributed by atoms with E-state index in [9.17, 15) is 10.2 Å². The first-order chi connectivity index (χ1) is 14.1. The van der Waals surface area contributed by atoms with Crippen molar-refractivity contribution in [1.29, 1.82) is 0 Å². The molecule has 0 bridgehead atoms. The first-order valence-electron chi connectivity index (χ1n) is 10.9. The molecule has 168 valence electrons. The Balaban J connectivity index is 1.44. The minimum atomic E-state index is -0.989. The van der Waals surface area contributed by atoms with Gasteiger partial charge in [0.1, 0.15) is 24.6 Å². The Morgan fingerprint density at radius 2 is 1.86 bits per heavy atom. The van der Waals surface area contributed by atoms with Gasteiger partial charge in [0.2, 0.25) is 5.13 Å². The highest BCUT2D eigenvalue weighted by molar-refractivity contribution is 7.09. The van der Waals surface area contributed by atoms with Gasteiger partial charge in [-0.3, -0.25) is 0 Å². The third kappa shape index (κ3) is 9.67. The van der Waals surface area contributed by atoms with Gasteiger partial charge in [0, 0.05) is 24.2 Å². The van der Waals surface area contributed by atoms with Crippen LogP contribution >= 0.6 is 11.5 Å². The normalized spacial score (nSPS) is 25.8. The summed E-state index contributed by atoms with van der Waals surface area (Å²) in [5, 5.41) is 24.3. The van der Waals surface area contributed by atoms with E-state index in [4.69, 9.17) is 15.2 Å². The maximum atomic E-state index is 10.3. The molecule has 0 aliphatic carbocycles. The van der Waals surface area contributed by atoms with Crippen LogP contribution in [0.3, 0.4) is 0 Å². The van der Waals surface area contributed by atoms with Crippen LogP contribution in [0, 0.1) is 0 Å². The van der Waals surface area contributed by atoms with Crippen molar-refractivity contribution in [1.82, 2.24) is 9.36 Å². The van der Waals surface area contributed by atoms with Gasteiger partial charge in [0.25, 0.3) is 0 Å². The largest absolute Gasteiger partial charge is 0.388 e. The summed E-state index contributed by atoms with van der Waals surface area (Å²) in [5.74, 6) is 0. The summed E-state index contributed by atoms with van der Waals surface area (Å²) in [5.41, 5.74) is 5.75. The summed E-state index contributed by atoms with van der Waals surface area (Å²) in [6.07, 6.45) is 9.96. The molecule has 8 nitrogen and oxygen atoms in total. The summed E-state index contributed by atoms with van der Waals surface area (Å²) in [7, 11) is 0. The SMILES string of the molecule is CC(N)CCCCCCCCCCOC[C@H]1OC[C@@H](Nc2ncns2)[C@@H](O)[C@H]1O. The van der Waals surface area contributed by atoms with Crippen LogP contribution in [0.4, 0.5) is 5.13 Å². The van der Waals surface area contributed by atoms with Crippen molar-refractivity contribution < 1.29 is 19.7 Å². The van der Waals surface area contributed by atoms with Crippen molar-refractivity contribution in [3.05, 3.63) is 6.33 Å². The van der Waals surface area contributed by atoms with Crippen LogP contribution in [0.1, 0.15) is 64.7 Å². The first-order valence-corrected chi connectivity index (χ1v) is 11.7. The lowest BCUT2D eigenvalue weighted by Crippen LogP contribution is -2.56. The smallest absolute Gasteiger partial charge is 0.202 e. The van der Waals surface area contributed by atoms with Crippen LogP contribution in [0.25, 0.3) is 0 Å². The lowest BCUT2D eigenvalue weighted by atomic mass is 9.98. The van der Waals surface area contributed by atoms with E-state index in [-0.39, 0.29) is 6.61 Å². The van der Waals surface area contributed by atoms with Crippen molar-refractivity contribution in [2.75, 3.05) is 25.1 Å². The summed E-state index contributed by atoms with van der Waals surface area (Å²) in [6.45, 7) is 3.31. The number of nitrogens with one attached hydrogen (secondary N) is 1. The molecule has 1 aliphatic heterocycles. The van der Waals surface area contributed by atoms with Gasteiger partial charge in [-0.15, -0.1) is 0 Å². The topological polar surface area (TPSA) is 123 Å². The van der Waals surface area contributed by atoms with Crippen molar-refractivity contribution in [3.63, 3.8) is 0 Å². The first kappa shape index (κ1) is 24.4. The number of ether oxygens (including phenoxy) is 2. The number of hydrogen-bond acceptors (Lipinski definition) is 9. The standard InChI is InChI=1S/C20H38N4O4S/c1-15(21)10-8-6-4-2-3-5-7-9-11-27-13-17-19(26)18(25)16(12-28-17)24-20-22-14-23-29-20/h14-19,25-26H,2-13,21H2,1H3,(H,22,23,24)/t15?,16-,17-,18-,19+/m1/s1. The Kier molecular flexibility index (Phi) is 12.0. The zero-order chi connectivity index (χ0) is 20.9. The lowest BCUT2D eigenvalue weighted by Gasteiger charge is -2.37. The molecule has 1 aliphatic rings. The monoisotopic (exact) mass is 430 g/mol. The number of unbranched alkanes of at least 4 members (excludes halogenated alkanes) is 7. The van der Waals surface area contributed by atoms with Gasteiger partial charge in [-0.05, 0) is 19.8 Å². The Hall–Kier alpha value is -0.840. The Morgan fingerprint density at radius 1 is 1.17 bits per heavy atom. The van der Waals surface area contributed by atoms with E-state index in [0.29, 0.717) is 24.4 Å². The van der Waals surface area contributed by atoms with E-state index < -0.39 is 24.4 Å². The Bertz CT molecular complexity index is 521. The fraction of sp³-hybridized carbons (Fsp3) is 0.900. The summed E-state index contributed by atoms with van der Waals surface area (Å²) in [6, 6.07) is -0.0783. The van der Waals surface area contributed by atoms with Crippen molar-refractivity contribution in [2.24, 2.45) is 5.73 Å². The summed E-state index contributed by atoms with van der Waals surface area (Å²) in [4.78, 5) is 4.02. The lowest BCUT2D eigenvalue weighted by molar-refractivity contribution is -0.159. The van der Waals surface area contributed by atoms with E-state index in [1.165, 1.54) is 56.4 Å². The van der Waals surface area contributed by atoms with Gasteiger partial charge >= 0.3 is 0 Å². The number of anilines is 1. The Morgan fingerprint density at radius 3 is 2.52 bits per heavy atom. The van der Waals surface area contributed by atoms with Crippen molar-refractivity contribution >= 4 is 16.7 Å². The molecule has 5 atom stereocenters. The molecule has 29 heavy (non-hydrogen) atoms. The molecular formula is C20H38N4O4S. The predicted molar refractivity (Wildman–Crippen MR) is 115 cm³/mol. The molecule has 5 N–H and O–H groups in total. The minimum Gasteiger partial charge on any atom is -0.388 e. The van der Waals surface area contributed by atoms with E-state index in [2.05, 4.69) is 21.6 Å². The molecule has 0 radical (unpaired) electrons. The van der Waals surface area contributed by atoms with Crippen LogP contribution in [0.5, 0.6) is 0 Å². The fourth-order valence-corrected chi connectivity index (χ4v) is 3.97. The molecule has 1 aromatic heterocycles. The van der Waals surface area contributed by atoms with Gasteiger partial charge in [0.05, 0.1) is 19.3 Å². The number of aliphatic hydroxyl groups is 2. The molecule has 1 fully saturated rings. The molecule has 0 spiro atoms. The van der Waals surface area contributed by atoms with Crippen LogP contribution in [0.2, 0.25) is 0 Å². The van der Waals surface area contributed by atoms with Gasteiger partial charge < -0.3 is 30.7 Å². The predicted octanol–water partition coefficient (Wildman–Crippen LogP) is 2.31. The maximum Gasteiger partial charge on any atom is 0.202 e. The molecule has 1 saturated heterocycles. The van der Waals surface area contributed by atoms with E-state index >= 15 is 0 Å². The van der Waals surface area contributed by atoms with Crippen LogP contribution in [-0.4, -0.2) is 69.8 Å². The second kappa shape index (κ2) is 14.2. The van der Waals surface area contributed by atoms with Gasteiger partial charge in [-0.25, -0.2) is 4.98 Å². The molecule has 1 unspecified atom stereocenters. The molecule has 2 rings (SSSR count). The highest BCUT2D eigenvalue weighted by atomic mass is 32.1. The quantitative estimate of drug-likeness (QED) is 0.313. The number of aliphatic hydroxyl groups excluding tert-OH is 2. The molecule has 1 aromatic rings. The fourth-order valence-electron chi connectivity index (χ4n) is 3.48. The second-order valence-electron chi connectivity index (χ2n) is 8.02. The molecular weight excluding hydrogens is 392 g/mol. The highest BCUT2D eigenvalue weighted by Crippen LogP contribution is 2.20. The number of aromatic nitrogens is 2. The summed E-state index contributed by atoms with van der Waals surface area (Å²) >= 11 is 1.20. The van der Waals surface area contributed by atoms with Gasteiger partial charge in [0.15, 0.2) is 0 Å². The summed E-state index contributed by atoms with van der Waals surface area (Å²) < 4.78 is 15.3. The van der Waals surface area contributed by atoms with Crippen LogP contribution < -0.4 is 11.1 Å². The van der Waals surface area contributed by atoms with Crippen LogP contribution in [0.15, 0.2) is 6.33 Å². The number of rotatable bonds is 15. The van der Waals surface area contributed by atoms with Crippen LogP contribution in [-0.2, 0) is 9.47 Å². The number of nitrogens with two attached hydrogens (primary N) is 1. The molecule has 0 saturated carbocycles. The second-order valence-corrected chi connectivity index (χ2v) is 8.80. The Labute approximate surface area is 178 Å². The number of hydrogen-bond donors (Lipinski definition) is 4. The highest BCUT2D eigenvalue weighted by Gasteiger charge is 2.38. The van der Waals surface area contributed by atoms with Gasteiger partial charge in [-0.2, -0.15) is 4.37 Å². The van der Waals surface area contributed by atoms with E-state index in [1.54, 1.807) is 0 Å². The molecule has 0 aromatic carbocycles. The van der Waals surface area contributed by atoms with Gasteiger partial charge in [-0.1, -0.05) is 44.9 Å². The average molecular weight is 431 g/mol. The molecule has 0 amide bonds. The van der Waals surface area contributed by atoms with E-state index in [1.807, 2.05) is 0 Å². The third-order valence-electron chi connectivity index (χ3n) is 5.28. The number of nitrogens with zero attached hydrogens (tertiary/aromatic N) is 2. The molecule has 2 heterocycles. The zero-order valence-corrected chi connectivity index (χ0v) is 18.4.